The molecule has 80 valence electrons. The molecule has 0 bridgehead atoms. The Labute approximate surface area is 92.8 Å². The maximum atomic E-state index is 4.40. The van der Waals surface area contributed by atoms with Crippen LogP contribution in [0.2, 0.25) is 0 Å². The molecule has 2 heterocycles. The van der Waals surface area contributed by atoms with Gasteiger partial charge in [0.05, 0.1) is 11.3 Å². The molecule has 0 atom stereocenters. The minimum atomic E-state index is 0.838. The zero-order valence-electron chi connectivity index (χ0n) is 8.66. The Morgan fingerprint density at radius 1 is 1.53 bits per heavy atom. The van der Waals surface area contributed by atoms with Gasteiger partial charge in [-0.3, -0.25) is 0 Å². The van der Waals surface area contributed by atoms with Gasteiger partial charge >= 0.3 is 0 Å². The molecule has 0 aromatic carbocycles. The molecule has 0 spiro atoms. The van der Waals surface area contributed by atoms with Crippen LogP contribution >= 0.6 is 11.3 Å². The lowest BCUT2D eigenvalue weighted by molar-refractivity contribution is 0.675. The topological polar surface area (TPSA) is 53.6 Å². The van der Waals surface area contributed by atoms with E-state index in [0.29, 0.717) is 0 Å². The fourth-order valence-corrected chi connectivity index (χ4v) is 2.09. The van der Waals surface area contributed by atoms with Gasteiger partial charge < -0.3 is 10.3 Å². The van der Waals surface area contributed by atoms with E-state index >= 15 is 0 Å². The van der Waals surface area contributed by atoms with Crippen LogP contribution in [0.25, 0.3) is 0 Å². The fourth-order valence-electron chi connectivity index (χ4n) is 1.32. The highest BCUT2D eigenvalue weighted by atomic mass is 32.1. The van der Waals surface area contributed by atoms with Crippen molar-refractivity contribution >= 4 is 11.3 Å². The average molecular weight is 222 g/mol. The van der Waals surface area contributed by atoms with Crippen molar-refractivity contribution in [2.75, 3.05) is 6.54 Å². The van der Waals surface area contributed by atoms with Gasteiger partial charge in [-0.25, -0.2) is 9.97 Å². The molecule has 2 rings (SSSR count). The third-order valence-electron chi connectivity index (χ3n) is 2.05. The predicted molar refractivity (Wildman–Crippen MR) is 60.8 cm³/mol. The Hall–Kier alpha value is -1.20. The lowest BCUT2D eigenvalue weighted by Crippen LogP contribution is -2.16. The monoisotopic (exact) mass is 222 g/mol. The standard InChI is InChI=1S/C10H14N4S/c1-8-6-15-10(14-8)2-3-11-4-9-5-12-7-13-9/h5-7,11H,2-4H2,1H3,(H,12,13). The van der Waals surface area contributed by atoms with E-state index in [-0.39, 0.29) is 0 Å². The summed E-state index contributed by atoms with van der Waals surface area (Å²) < 4.78 is 0. The predicted octanol–water partition coefficient (Wildman–Crippen LogP) is 1.51. The molecule has 2 N–H and O–H groups in total. The number of H-pyrrole nitrogens is 1. The highest BCUT2D eigenvalue weighted by Crippen LogP contribution is 2.08. The van der Waals surface area contributed by atoms with E-state index in [0.717, 1.165) is 30.9 Å². The van der Waals surface area contributed by atoms with Crippen LogP contribution in [-0.4, -0.2) is 21.5 Å². The van der Waals surface area contributed by atoms with E-state index in [1.807, 2.05) is 13.1 Å². The summed E-state index contributed by atoms with van der Waals surface area (Å²) in [5.41, 5.74) is 2.23. The van der Waals surface area contributed by atoms with E-state index in [4.69, 9.17) is 0 Å². The molecule has 0 aliphatic heterocycles. The van der Waals surface area contributed by atoms with E-state index < -0.39 is 0 Å². The number of hydrogen-bond donors (Lipinski definition) is 2. The second-order valence-electron chi connectivity index (χ2n) is 3.39. The van der Waals surface area contributed by atoms with Crippen molar-refractivity contribution in [3.8, 4) is 0 Å². The molecule has 2 aromatic heterocycles. The highest BCUT2D eigenvalue weighted by Gasteiger charge is 1.98. The van der Waals surface area contributed by atoms with Crippen LogP contribution < -0.4 is 5.32 Å². The van der Waals surface area contributed by atoms with Crippen LogP contribution in [0, 0.1) is 6.92 Å². The second-order valence-corrected chi connectivity index (χ2v) is 4.33. The minimum Gasteiger partial charge on any atom is -0.347 e. The number of aromatic amines is 1. The Morgan fingerprint density at radius 2 is 2.47 bits per heavy atom. The minimum absolute atomic E-state index is 0.838. The first-order valence-electron chi connectivity index (χ1n) is 4.93. The van der Waals surface area contributed by atoms with Gasteiger partial charge in [-0.15, -0.1) is 11.3 Å². The van der Waals surface area contributed by atoms with Gasteiger partial charge in [-0.2, -0.15) is 0 Å². The van der Waals surface area contributed by atoms with E-state index in [9.17, 15) is 0 Å². The zero-order valence-corrected chi connectivity index (χ0v) is 9.47. The number of thiazole rings is 1. The van der Waals surface area contributed by atoms with Gasteiger partial charge in [0.25, 0.3) is 0 Å². The number of aromatic nitrogens is 3. The molecule has 2 aromatic rings. The second kappa shape index (κ2) is 5.04. The van der Waals surface area contributed by atoms with Gasteiger partial charge in [0.2, 0.25) is 0 Å². The van der Waals surface area contributed by atoms with Crippen LogP contribution in [0.1, 0.15) is 16.4 Å². The smallest absolute Gasteiger partial charge is 0.0940 e. The highest BCUT2D eigenvalue weighted by molar-refractivity contribution is 7.09. The number of hydrogen-bond acceptors (Lipinski definition) is 4. The van der Waals surface area contributed by atoms with E-state index in [2.05, 4.69) is 25.6 Å². The van der Waals surface area contributed by atoms with E-state index in [1.165, 1.54) is 5.01 Å². The Bertz CT molecular complexity index is 393. The Balaban J connectivity index is 1.67. The Morgan fingerprint density at radius 3 is 3.13 bits per heavy atom. The number of aryl methyl sites for hydroxylation is 1. The SMILES string of the molecule is Cc1csc(CCNCc2cnc[nH]2)n1. The van der Waals surface area contributed by atoms with Crippen LogP contribution in [0.4, 0.5) is 0 Å². The molecular formula is C10H14N4S. The Kier molecular flexibility index (Phi) is 3.47. The van der Waals surface area contributed by atoms with Crippen molar-refractivity contribution < 1.29 is 0 Å². The molecule has 5 heteroatoms. The third-order valence-corrected chi connectivity index (χ3v) is 3.08. The summed E-state index contributed by atoms with van der Waals surface area (Å²) in [6.45, 7) is 3.81. The number of nitrogens with one attached hydrogen (secondary N) is 2. The van der Waals surface area contributed by atoms with Crippen molar-refractivity contribution in [2.24, 2.45) is 0 Å². The first kappa shape index (κ1) is 10.3. The zero-order chi connectivity index (χ0) is 10.5. The molecule has 0 saturated heterocycles. The largest absolute Gasteiger partial charge is 0.347 e. The van der Waals surface area contributed by atoms with Crippen molar-refractivity contribution in [3.05, 3.63) is 34.3 Å². The molecule has 0 amide bonds. The molecule has 0 fully saturated rings. The van der Waals surface area contributed by atoms with E-state index in [1.54, 1.807) is 17.7 Å². The van der Waals surface area contributed by atoms with Crippen molar-refractivity contribution in [1.82, 2.24) is 20.3 Å². The van der Waals surface area contributed by atoms with Crippen molar-refractivity contribution in [2.45, 2.75) is 19.9 Å². The summed E-state index contributed by atoms with van der Waals surface area (Å²) in [5.74, 6) is 0. The third kappa shape index (κ3) is 3.14. The molecule has 0 radical (unpaired) electrons. The molecule has 0 unspecified atom stereocenters. The van der Waals surface area contributed by atoms with Gasteiger partial charge in [0, 0.05) is 42.5 Å². The van der Waals surface area contributed by atoms with Crippen molar-refractivity contribution in [3.63, 3.8) is 0 Å². The van der Waals surface area contributed by atoms with Gasteiger partial charge in [-0.1, -0.05) is 0 Å². The molecule has 4 nitrogen and oxygen atoms in total. The lowest BCUT2D eigenvalue weighted by atomic mass is 10.4. The van der Waals surface area contributed by atoms with Crippen LogP contribution in [0.3, 0.4) is 0 Å². The number of nitrogens with zero attached hydrogens (tertiary/aromatic N) is 2. The van der Waals surface area contributed by atoms with Crippen LogP contribution in [0.5, 0.6) is 0 Å². The molecular weight excluding hydrogens is 208 g/mol. The summed E-state index contributed by atoms with van der Waals surface area (Å²) in [6.07, 6.45) is 4.52. The summed E-state index contributed by atoms with van der Waals surface area (Å²) in [4.78, 5) is 11.4. The average Bonchev–Trinajstić information content (AvgIpc) is 2.84. The summed E-state index contributed by atoms with van der Waals surface area (Å²) in [6, 6.07) is 0. The summed E-state index contributed by atoms with van der Waals surface area (Å²) in [7, 11) is 0. The lowest BCUT2D eigenvalue weighted by Gasteiger charge is -2.00. The fraction of sp³-hybridized carbons (Fsp3) is 0.400. The number of imidazole rings is 1. The normalized spacial score (nSPS) is 10.7. The molecule has 15 heavy (non-hydrogen) atoms. The van der Waals surface area contributed by atoms with Gasteiger partial charge in [0.1, 0.15) is 0 Å². The quantitative estimate of drug-likeness (QED) is 0.754. The van der Waals surface area contributed by atoms with Gasteiger partial charge in [-0.05, 0) is 6.92 Å². The number of rotatable bonds is 5. The maximum absolute atomic E-state index is 4.40. The summed E-state index contributed by atoms with van der Waals surface area (Å²) >= 11 is 1.73. The molecule has 0 saturated carbocycles. The molecule has 0 aliphatic rings. The maximum Gasteiger partial charge on any atom is 0.0940 e. The van der Waals surface area contributed by atoms with Gasteiger partial charge in [0.15, 0.2) is 0 Å². The van der Waals surface area contributed by atoms with Crippen LogP contribution in [-0.2, 0) is 13.0 Å². The first-order valence-corrected chi connectivity index (χ1v) is 5.81. The summed E-state index contributed by atoms with van der Waals surface area (Å²) in [5, 5.41) is 6.63. The van der Waals surface area contributed by atoms with Crippen LogP contribution in [0.15, 0.2) is 17.9 Å². The van der Waals surface area contributed by atoms with Crippen molar-refractivity contribution in [1.29, 1.82) is 0 Å². The first-order chi connectivity index (χ1) is 7.34. The molecule has 0 aliphatic carbocycles.